The van der Waals surface area contributed by atoms with E-state index in [1.165, 1.54) is 0 Å². The lowest BCUT2D eigenvalue weighted by atomic mass is 10.0. The minimum atomic E-state index is -0.401. The summed E-state index contributed by atoms with van der Waals surface area (Å²) in [5.41, 5.74) is 4.93. The van der Waals surface area contributed by atoms with Gasteiger partial charge in [0.25, 0.3) is 0 Å². The number of rotatable bonds is 13. The molecule has 0 bridgehead atoms. The molecule has 1 saturated heterocycles. The minimum Gasteiger partial charge on any atom is -0.496 e. The number of aliphatic hydroxyl groups excluding tert-OH is 1. The molecule has 1 amide bonds. The summed E-state index contributed by atoms with van der Waals surface area (Å²) >= 11 is 13.8. The van der Waals surface area contributed by atoms with Crippen LogP contribution in [0.4, 0.5) is 15.8 Å². The van der Waals surface area contributed by atoms with Gasteiger partial charge >= 0.3 is 0 Å². The van der Waals surface area contributed by atoms with Gasteiger partial charge in [0.15, 0.2) is 5.82 Å². The monoisotopic (exact) mass is 637 g/mol. The first-order valence-corrected chi connectivity index (χ1v) is 15.1. The second-order valence-electron chi connectivity index (χ2n) is 10.5. The smallest absolute Gasteiger partial charge is 0.220 e. The van der Waals surface area contributed by atoms with E-state index in [0.717, 1.165) is 17.5 Å². The summed E-state index contributed by atoms with van der Waals surface area (Å²) in [4.78, 5) is 16.0. The van der Waals surface area contributed by atoms with Gasteiger partial charge in [0.05, 0.1) is 40.8 Å². The topological polar surface area (TPSA) is 108 Å². The molecule has 3 aromatic carbocycles. The molecule has 5 rings (SSSR count). The van der Waals surface area contributed by atoms with Crippen LogP contribution in [0.3, 0.4) is 0 Å². The Balaban J connectivity index is 1.37. The first kappa shape index (κ1) is 31.7. The first-order valence-electron chi connectivity index (χ1n) is 14.4. The number of carbonyl (C=O) groups is 1. The van der Waals surface area contributed by atoms with E-state index in [0.29, 0.717) is 69.9 Å². The SMILES string of the molecule is COc1cc(-c2nccc(-c3cccc(Nc4cccc(CNCCO)c4F)c3Cl)c2Cl)ccc1CNCC1CCC(=O)N1. The van der Waals surface area contributed by atoms with Crippen molar-refractivity contribution < 1.29 is 19.0 Å². The van der Waals surface area contributed by atoms with Gasteiger partial charge in [-0.3, -0.25) is 9.78 Å². The molecule has 1 fully saturated rings. The van der Waals surface area contributed by atoms with Crippen molar-refractivity contribution >= 4 is 40.5 Å². The molecule has 0 aliphatic carbocycles. The summed E-state index contributed by atoms with van der Waals surface area (Å²) < 4.78 is 20.9. The fourth-order valence-electron chi connectivity index (χ4n) is 5.20. The van der Waals surface area contributed by atoms with E-state index in [-0.39, 0.29) is 30.8 Å². The Hall–Kier alpha value is -3.73. The third-order valence-corrected chi connectivity index (χ3v) is 8.27. The number of amides is 1. The second-order valence-corrected chi connectivity index (χ2v) is 11.2. The molecule has 0 radical (unpaired) electrons. The lowest BCUT2D eigenvalue weighted by Gasteiger charge is -2.16. The maximum absolute atomic E-state index is 15.2. The zero-order valence-electron chi connectivity index (χ0n) is 24.2. The highest BCUT2D eigenvalue weighted by molar-refractivity contribution is 6.39. The lowest BCUT2D eigenvalue weighted by Crippen LogP contribution is -2.35. The van der Waals surface area contributed by atoms with E-state index in [4.69, 9.17) is 33.0 Å². The Morgan fingerprint density at radius 1 is 1.00 bits per heavy atom. The van der Waals surface area contributed by atoms with Crippen LogP contribution in [0, 0.1) is 5.82 Å². The van der Waals surface area contributed by atoms with Gasteiger partial charge in [-0.25, -0.2) is 4.39 Å². The molecule has 11 heteroatoms. The molecule has 230 valence electrons. The van der Waals surface area contributed by atoms with Crippen LogP contribution in [0.5, 0.6) is 5.75 Å². The minimum absolute atomic E-state index is 0.0269. The van der Waals surface area contributed by atoms with Gasteiger partial charge in [0.1, 0.15) is 5.75 Å². The first-order chi connectivity index (χ1) is 21.4. The number of hydrogen-bond acceptors (Lipinski definition) is 7. The van der Waals surface area contributed by atoms with Crippen LogP contribution in [0.25, 0.3) is 22.4 Å². The van der Waals surface area contributed by atoms with E-state index in [9.17, 15) is 4.79 Å². The standard InChI is InChI=1S/C33H34Cl2FN5O3/c1-44-28-16-20(8-9-21(28)17-38-19-23-10-11-29(43)40-23)33-31(35)25(12-13-39-33)24-5-3-6-26(30(24)34)41-27-7-2-4-22(32(27)36)18-37-14-15-42/h2-9,12-13,16,23,37-38,41-42H,10-11,14-15,17-19H2,1H3,(H,40,43). The van der Waals surface area contributed by atoms with Crippen LogP contribution in [0.15, 0.2) is 66.9 Å². The fraction of sp³-hybridized carbons (Fsp3) is 0.273. The van der Waals surface area contributed by atoms with Gasteiger partial charge in [-0.05, 0) is 30.7 Å². The predicted octanol–water partition coefficient (Wildman–Crippen LogP) is 6.06. The maximum atomic E-state index is 15.2. The number of benzene rings is 3. The van der Waals surface area contributed by atoms with Crippen LogP contribution in [0.1, 0.15) is 24.0 Å². The van der Waals surface area contributed by atoms with Gasteiger partial charge in [-0.2, -0.15) is 0 Å². The van der Waals surface area contributed by atoms with Crippen LogP contribution in [0.2, 0.25) is 10.0 Å². The van der Waals surface area contributed by atoms with Gasteiger partial charge in [0.2, 0.25) is 5.91 Å². The quantitative estimate of drug-likeness (QED) is 0.113. The molecule has 5 N–H and O–H groups in total. The van der Waals surface area contributed by atoms with Crippen LogP contribution in [-0.4, -0.2) is 48.8 Å². The maximum Gasteiger partial charge on any atom is 0.220 e. The van der Waals surface area contributed by atoms with Gasteiger partial charge in [-0.1, -0.05) is 59.6 Å². The zero-order chi connectivity index (χ0) is 31.1. The number of halogens is 3. The third-order valence-electron chi connectivity index (χ3n) is 7.48. The van der Waals surface area contributed by atoms with Crippen molar-refractivity contribution in [2.24, 2.45) is 0 Å². The van der Waals surface area contributed by atoms with Gasteiger partial charge < -0.3 is 31.1 Å². The molecule has 8 nitrogen and oxygen atoms in total. The van der Waals surface area contributed by atoms with Crippen molar-refractivity contribution in [2.45, 2.75) is 32.0 Å². The number of nitrogens with zero attached hydrogens (tertiary/aromatic N) is 1. The van der Waals surface area contributed by atoms with Gasteiger partial charge in [0, 0.05) is 72.7 Å². The van der Waals surface area contributed by atoms with Crippen LogP contribution < -0.4 is 26.0 Å². The second kappa shape index (κ2) is 14.8. The Bertz CT molecular complexity index is 1640. The van der Waals surface area contributed by atoms with Crippen molar-refractivity contribution in [3.8, 4) is 28.1 Å². The zero-order valence-corrected chi connectivity index (χ0v) is 25.7. The highest BCUT2D eigenvalue weighted by Gasteiger charge is 2.21. The van der Waals surface area contributed by atoms with E-state index >= 15 is 4.39 Å². The number of carbonyl (C=O) groups excluding carboxylic acids is 1. The highest BCUT2D eigenvalue weighted by Crippen LogP contribution is 2.42. The average molecular weight is 639 g/mol. The number of methoxy groups -OCH3 is 1. The van der Waals surface area contributed by atoms with Crippen molar-refractivity contribution in [2.75, 3.05) is 32.1 Å². The fourth-order valence-corrected chi connectivity index (χ4v) is 5.80. The van der Waals surface area contributed by atoms with Crippen molar-refractivity contribution in [3.05, 3.63) is 93.8 Å². The van der Waals surface area contributed by atoms with Crippen LogP contribution in [-0.2, 0) is 17.9 Å². The summed E-state index contributed by atoms with van der Waals surface area (Å²) in [6.45, 7) is 1.89. The normalized spacial score (nSPS) is 14.5. The molecule has 1 aliphatic rings. The van der Waals surface area contributed by atoms with E-state index in [1.807, 2.05) is 30.3 Å². The van der Waals surface area contributed by atoms with E-state index in [2.05, 4.69) is 26.3 Å². The summed E-state index contributed by atoms with van der Waals surface area (Å²) in [5.74, 6) is 0.382. The molecule has 1 aromatic heterocycles. The van der Waals surface area contributed by atoms with Crippen molar-refractivity contribution in [1.82, 2.24) is 20.9 Å². The Labute approximate surface area is 266 Å². The molecule has 44 heavy (non-hydrogen) atoms. The van der Waals surface area contributed by atoms with Crippen molar-refractivity contribution in [3.63, 3.8) is 0 Å². The number of aromatic nitrogens is 1. The Morgan fingerprint density at radius 3 is 2.55 bits per heavy atom. The Morgan fingerprint density at radius 2 is 1.77 bits per heavy atom. The number of hydrogen-bond donors (Lipinski definition) is 5. The molecule has 1 atom stereocenters. The van der Waals surface area contributed by atoms with Gasteiger partial charge in [-0.15, -0.1) is 0 Å². The number of aliphatic hydroxyl groups is 1. The molecule has 0 saturated carbocycles. The summed E-state index contributed by atoms with van der Waals surface area (Å²) in [6.07, 6.45) is 3.08. The molecule has 0 spiro atoms. The molecular formula is C33H34Cl2FN5O3. The molecule has 2 heterocycles. The predicted molar refractivity (Wildman–Crippen MR) is 173 cm³/mol. The Kier molecular flexibility index (Phi) is 10.7. The summed E-state index contributed by atoms with van der Waals surface area (Å²) in [5, 5.41) is 22.3. The summed E-state index contributed by atoms with van der Waals surface area (Å²) in [7, 11) is 1.62. The van der Waals surface area contributed by atoms with Crippen LogP contribution >= 0.6 is 23.2 Å². The molecule has 1 aliphatic heterocycles. The molecular weight excluding hydrogens is 604 g/mol. The third kappa shape index (κ3) is 7.31. The molecule has 4 aromatic rings. The number of anilines is 2. The molecule has 1 unspecified atom stereocenters. The summed E-state index contributed by atoms with van der Waals surface area (Å²) in [6, 6.07) is 18.3. The number of nitrogens with one attached hydrogen (secondary N) is 4. The van der Waals surface area contributed by atoms with E-state index < -0.39 is 5.82 Å². The van der Waals surface area contributed by atoms with E-state index in [1.54, 1.807) is 43.6 Å². The number of pyridine rings is 1. The average Bonchev–Trinajstić information content (AvgIpc) is 3.45. The highest BCUT2D eigenvalue weighted by atomic mass is 35.5. The number of ether oxygens (including phenoxy) is 1. The van der Waals surface area contributed by atoms with Crippen molar-refractivity contribution in [1.29, 1.82) is 0 Å². The lowest BCUT2D eigenvalue weighted by molar-refractivity contribution is -0.119. The largest absolute Gasteiger partial charge is 0.496 e.